The van der Waals surface area contributed by atoms with Crippen LogP contribution in [0.3, 0.4) is 0 Å². The molecule has 0 saturated heterocycles. The zero-order valence-corrected chi connectivity index (χ0v) is 38.8. The van der Waals surface area contributed by atoms with Crippen molar-refractivity contribution in [3.63, 3.8) is 0 Å². The van der Waals surface area contributed by atoms with Crippen LogP contribution >= 0.6 is 0 Å². The molecule has 78 heavy (non-hydrogen) atoms. The molecular formula is C50H33BF24N2O. The number of aromatic nitrogens is 2. The van der Waals surface area contributed by atoms with Crippen LogP contribution in [0.2, 0.25) is 0 Å². The maximum Gasteiger partial charge on any atom is 0.416 e. The first-order valence-corrected chi connectivity index (χ1v) is 22.4. The van der Waals surface area contributed by atoms with Crippen molar-refractivity contribution in [2.24, 2.45) is 5.92 Å². The monoisotopic (exact) mass is 1140 g/mol. The highest BCUT2D eigenvalue weighted by molar-refractivity contribution is 7.20. The highest BCUT2D eigenvalue weighted by atomic mass is 19.4. The van der Waals surface area contributed by atoms with Crippen molar-refractivity contribution < 1.29 is 115 Å². The molecule has 0 radical (unpaired) electrons. The topological polar surface area (TPSA) is 33.8 Å². The molecule has 1 aliphatic rings. The van der Waals surface area contributed by atoms with Crippen LogP contribution in [0.15, 0.2) is 122 Å². The Labute approximate surface area is 424 Å². The molecule has 3 nitrogen and oxygen atoms in total. The van der Waals surface area contributed by atoms with Crippen molar-refractivity contribution in [3.8, 4) is 0 Å². The highest BCUT2D eigenvalue weighted by Crippen LogP contribution is 2.41. The smallest absolute Gasteiger partial charge is 0.292 e. The molecule has 1 aliphatic carbocycles. The lowest BCUT2D eigenvalue weighted by Crippen LogP contribution is -2.75. The predicted molar refractivity (Wildman–Crippen MR) is 231 cm³/mol. The first-order valence-electron chi connectivity index (χ1n) is 22.4. The molecule has 0 unspecified atom stereocenters. The Balaban J connectivity index is 0.000000387. The van der Waals surface area contributed by atoms with Crippen LogP contribution in [0, 0.1) is 5.92 Å². The molecule has 7 rings (SSSR count). The Morgan fingerprint density at radius 2 is 0.705 bits per heavy atom. The Bertz CT molecular complexity index is 2670. The summed E-state index contributed by atoms with van der Waals surface area (Å²) in [5, 5.41) is 0. The quantitative estimate of drug-likeness (QED) is 0.0659. The lowest BCUT2D eigenvalue weighted by atomic mass is 9.12. The second-order valence-corrected chi connectivity index (χ2v) is 18.0. The van der Waals surface area contributed by atoms with E-state index in [0.29, 0.717) is 5.69 Å². The Hall–Kier alpha value is -6.77. The molecular weight excluding hydrogens is 1110 g/mol. The fourth-order valence-corrected chi connectivity index (χ4v) is 9.10. The fraction of sp³-hybridized carbons (Fsp3) is 0.300. The summed E-state index contributed by atoms with van der Waals surface area (Å²) in [4.78, 5) is 16.8. The van der Waals surface area contributed by atoms with Crippen LogP contribution in [0.1, 0.15) is 92.7 Å². The van der Waals surface area contributed by atoms with Crippen LogP contribution < -0.4 is 26.4 Å². The van der Waals surface area contributed by atoms with E-state index in [-0.39, 0.29) is 11.7 Å². The van der Waals surface area contributed by atoms with Crippen LogP contribution in [-0.2, 0) is 56.0 Å². The minimum atomic E-state index is -6.13. The second-order valence-electron chi connectivity index (χ2n) is 18.0. The van der Waals surface area contributed by atoms with Crippen molar-refractivity contribution in [1.82, 2.24) is 4.98 Å². The van der Waals surface area contributed by atoms with E-state index in [9.17, 15) is 110 Å². The van der Waals surface area contributed by atoms with Gasteiger partial charge in [0.25, 0.3) is 0 Å². The van der Waals surface area contributed by atoms with Gasteiger partial charge in [-0.25, -0.2) is 4.98 Å². The Kier molecular flexibility index (Phi) is 16.6. The van der Waals surface area contributed by atoms with E-state index in [2.05, 4.69) is 17.1 Å². The van der Waals surface area contributed by atoms with Gasteiger partial charge >= 0.3 is 49.4 Å². The average molecular weight is 1140 g/mol. The van der Waals surface area contributed by atoms with Crippen molar-refractivity contribution in [2.45, 2.75) is 88.1 Å². The molecule has 1 aromatic heterocycles. The lowest BCUT2D eigenvalue weighted by molar-refractivity contribution is -0.689. The summed E-state index contributed by atoms with van der Waals surface area (Å²) in [5.41, 5.74) is -28.4. The molecule has 420 valence electrons. The van der Waals surface area contributed by atoms with E-state index in [4.69, 9.17) is 0 Å². The first-order chi connectivity index (χ1) is 35.6. The maximum atomic E-state index is 14.2. The molecule has 0 N–H and O–H groups in total. The standard InChI is InChI=1S/C32H12BF24.C18H21N2O/c34-25(35,36)13-1-14(26(37,38)39)6-21(5-13)33(22-7-15(27(40,41)42)2-16(8-22)28(43,44)45,23-9-17(29(46,47)48)3-18(10-23)30(49,50)51)24-11-19(31(52,53)54)4-20(12-24)32(55,56)57;21-18(16-9-5-2-6-10-16)17-14-20(12-11-19-17)13-15-7-3-1-4-8-15/h1-12H;1,3-4,7-8,11-12,14,16H,2,5-6,9-10,13H2/q-1;+1. The number of hydrogen-bond donors (Lipinski definition) is 0. The number of rotatable bonds is 8. The molecule has 28 heteroatoms. The third-order valence-electron chi connectivity index (χ3n) is 12.6. The summed E-state index contributed by atoms with van der Waals surface area (Å²) < 4.78 is 343. The van der Waals surface area contributed by atoms with Gasteiger partial charge in [-0.3, -0.25) is 4.79 Å². The number of nitrogens with zero attached hydrogens (tertiary/aromatic N) is 2. The molecule has 0 spiro atoms. The highest BCUT2D eigenvalue weighted by Gasteiger charge is 2.47. The molecule has 0 amide bonds. The number of halogens is 24. The summed E-state index contributed by atoms with van der Waals surface area (Å²) in [7, 11) is 0. The minimum absolute atomic E-state index is 0.179. The van der Waals surface area contributed by atoms with Crippen molar-refractivity contribution in [2.75, 3.05) is 0 Å². The maximum absolute atomic E-state index is 14.2. The number of carbonyl (C=O) groups excluding carboxylic acids is 1. The third kappa shape index (κ3) is 14.1. The van der Waals surface area contributed by atoms with E-state index in [1.54, 1.807) is 6.20 Å². The van der Waals surface area contributed by atoms with Gasteiger partial charge in [-0.05, 0) is 37.1 Å². The average Bonchev–Trinajstić information content (AvgIpc) is 3.36. The molecule has 0 bridgehead atoms. The van der Waals surface area contributed by atoms with Gasteiger partial charge in [0, 0.05) is 11.5 Å². The normalized spacial score (nSPS) is 14.7. The molecule has 1 fully saturated rings. The van der Waals surface area contributed by atoms with Gasteiger partial charge in [0.05, 0.1) is 50.7 Å². The van der Waals surface area contributed by atoms with E-state index in [1.807, 2.05) is 35.2 Å². The van der Waals surface area contributed by atoms with Gasteiger partial charge in [0.2, 0.25) is 0 Å². The van der Waals surface area contributed by atoms with Crippen molar-refractivity contribution >= 4 is 33.8 Å². The van der Waals surface area contributed by atoms with E-state index >= 15 is 0 Å². The van der Waals surface area contributed by atoms with E-state index in [0.717, 1.165) is 19.4 Å². The largest absolute Gasteiger partial charge is 0.416 e. The zero-order chi connectivity index (χ0) is 58.4. The van der Waals surface area contributed by atoms with Crippen LogP contribution in [-0.4, -0.2) is 16.9 Å². The van der Waals surface area contributed by atoms with Crippen molar-refractivity contribution in [3.05, 3.63) is 177 Å². The molecule has 6 aromatic rings. The fourth-order valence-electron chi connectivity index (χ4n) is 9.10. The van der Waals surface area contributed by atoms with Crippen molar-refractivity contribution in [1.29, 1.82) is 0 Å². The van der Waals surface area contributed by atoms with E-state index < -0.39 is 195 Å². The van der Waals surface area contributed by atoms with E-state index in [1.165, 1.54) is 24.8 Å². The van der Waals surface area contributed by atoms with Gasteiger partial charge in [-0.15, -0.1) is 0 Å². The molecule has 0 aliphatic heterocycles. The number of carbonyl (C=O) groups is 1. The summed E-state index contributed by atoms with van der Waals surface area (Å²) in [5.74, 6) is 0.399. The van der Waals surface area contributed by atoms with Gasteiger partial charge in [0.15, 0.2) is 30.4 Å². The summed E-state index contributed by atoms with van der Waals surface area (Å²) >= 11 is 0. The summed E-state index contributed by atoms with van der Waals surface area (Å²) in [6.45, 7) is 0.772. The zero-order valence-electron chi connectivity index (χ0n) is 38.8. The molecule has 1 saturated carbocycles. The van der Waals surface area contributed by atoms with Crippen LogP contribution in [0.4, 0.5) is 105 Å². The summed E-state index contributed by atoms with van der Waals surface area (Å²) in [6.07, 6.45) is -43.6. The number of ketones is 1. The number of alkyl halides is 24. The molecule has 0 atom stereocenters. The number of hydrogen-bond acceptors (Lipinski definition) is 2. The lowest BCUT2D eigenvalue weighted by Gasteiger charge is -2.46. The first kappa shape index (κ1) is 60.5. The second kappa shape index (κ2) is 21.5. The van der Waals surface area contributed by atoms with Gasteiger partial charge < -0.3 is 0 Å². The molecule has 5 aromatic carbocycles. The minimum Gasteiger partial charge on any atom is -0.292 e. The van der Waals surface area contributed by atoms with Gasteiger partial charge in [-0.1, -0.05) is 98.1 Å². The number of benzene rings is 5. The Morgan fingerprint density at radius 3 is 0.974 bits per heavy atom. The SMILES string of the molecule is FC(F)(F)c1cc([B-](c2cc(C(F)(F)F)cc(C(F)(F)F)c2)(c2cc(C(F)(F)F)cc(C(F)(F)F)c2)c2cc(C(F)(F)F)cc(C(F)(F)F)c2)cc(C(F)(F)F)c1.O=C(c1c[n+](Cc2ccccc2)ccn1)C1CCCCC1. The van der Waals surface area contributed by atoms with Gasteiger partial charge in [0.1, 0.15) is 6.15 Å². The number of Topliss-reactive ketones (excluding diaryl/α,β-unsaturated/α-hetero) is 1. The summed E-state index contributed by atoms with van der Waals surface area (Å²) in [6, 6.07) is 1.45. The predicted octanol–water partition coefficient (Wildman–Crippen LogP) is 14.4. The Morgan fingerprint density at radius 1 is 0.423 bits per heavy atom. The van der Waals surface area contributed by atoms with Crippen LogP contribution in [0.25, 0.3) is 0 Å². The van der Waals surface area contributed by atoms with Gasteiger partial charge in [-0.2, -0.15) is 132 Å². The molecule has 1 heterocycles. The third-order valence-corrected chi connectivity index (χ3v) is 12.6. The van der Waals surface area contributed by atoms with Crippen LogP contribution in [0.5, 0.6) is 0 Å².